The van der Waals surface area contributed by atoms with E-state index in [1.807, 2.05) is 6.92 Å². The van der Waals surface area contributed by atoms with Crippen molar-refractivity contribution in [2.75, 3.05) is 26.2 Å². The number of nitrogens with zero attached hydrogens (tertiary/aromatic N) is 1. The molecule has 1 aliphatic heterocycles. The Balaban J connectivity index is 1.41. The molecule has 1 unspecified atom stereocenters. The van der Waals surface area contributed by atoms with Gasteiger partial charge in [0.15, 0.2) is 0 Å². The van der Waals surface area contributed by atoms with E-state index in [-0.39, 0.29) is 42.2 Å². The predicted molar refractivity (Wildman–Crippen MR) is 122 cm³/mol. The molecule has 2 aromatic rings. The highest BCUT2D eigenvalue weighted by atomic mass is 32.2. The van der Waals surface area contributed by atoms with E-state index in [9.17, 15) is 22.4 Å². The van der Waals surface area contributed by atoms with Gasteiger partial charge in [-0.05, 0) is 55.5 Å². The lowest BCUT2D eigenvalue weighted by Gasteiger charge is -2.33. The van der Waals surface area contributed by atoms with E-state index >= 15 is 0 Å². The fraction of sp³-hybridized carbons (Fsp3) is 0.391. The number of rotatable bonds is 8. The van der Waals surface area contributed by atoms with E-state index in [2.05, 4.69) is 15.4 Å². The number of nitrogens with one attached hydrogen (secondary N) is 3. The van der Waals surface area contributed by atoms with Gasteiger partial charge in [-0.1, -0.05) is 29.8 Å². The second kappa shape index (κ2) is 11.2. The van der Waals surface area contributed by atoms with Crippen LogP contribution < -0.4 is 15.4 Å². The normalized spacial score (nSPS) is 16.3. The molecule has 0 aromatic heterocycles. The van der Waals surface area contributed by atoms with Crippen LogP contribution in [0.15, 0.2) is 53.4 Å². The molecule has 0 aliphatic carbocycles. The molecule has 0 radical (unpaired) electrons. The van der Waals surface area contributed by atoms with E-state index in [0.29, 0.717) is 13.1 Å². The summed E-state index contributed by atoms with van der Waals surface area (Å²) in [7, 11) is -3.61. The molecule has 3 N–H and O–H groups in total. The molecule has 1 saturated heterocycles. The van der Waals surface area contributed by atoms with Crippen molar-refractivity contribution >= 4 is 22.0 Å². The molecule has 1 atom stereocenters. The van der Waals surface area contributed by atoms with Crippen molar-refractivity contribution in [1.82, 2.24) is 20.3 Å². The first kappa shape index (κ1) is 24.7. The molecule has 8 nitrogen and oxygen atoms in total. The molecule has 33 heavy (non-hydrogen) atoms. The largest absolute Gasteiger partial charge is 0.341 e. The zero-order valence-electron chi connectivity index (χ0n) is 18.5. The number of benzene rings is 2. The summed E-state index contributed by atoms with van der Waals surface area (Å²) < 4.78 is 40.6. The third-order valence-corrected chi connectivity index (χ3v) is 6.97. The Morgan fingerprint density at radius 3 is 2.45 bits per heavy atom. The number of halogens is 1. The molecule has 0 bridgehead atoms. The van der Waals surface area contributed by atoms with Crippen molar-refractivity contribution in [3.63, 3.8) is 0 Å². The minimum absolute atomic E-state index is 0.00442. The van der Waals surface area contributed by atoms with Crippen LogP contribution >= 0.6 is 0 Å². The zero-order chi connectivity index (χ0) is 23.8. The lowest BCUT2D eigenvalue weighted by atomic mass is 9.98. The molecule has 178 valence electrons. The van der Waals surface area contributed by atoms with Gasteiger partial charge in [0.2, 0.25) is 15.9 Å². The first-order chi connectivity index (χ1) is 15.7. The van der Waals surface area contributed by atoms with Gasteiger partial charge in [0.25, 0.3) is 0 Å². The highest BCUT2D eigenvalue weighted by molar-refractivity contribution is 7.89. The van der Waals surface area contributed by atoms with Gasteiger partial charge in [0, 0.05) is 26.2 Å². The third-order valence-electron chi connectivity index (χ3n) is 5.53. The van der Waals surface area contributed by atoms with Gasteiger partial charge < -0.3 is 15.5 Å². The predicted octanol–water partition coefficient (Wildman–Crippen LogP) is 2.15. The Labute approximate surface area is 193 Å². The lowest BCUT2D eigenvalue weighted by molar-refractivity contribution is -0.131. The van der Waals surface area contributed by atoms with Crippen molar-refractivity contribution in [1.29, 1.82) is 0 Å². The number of hydrogen-bond donors (Lipinski definition) is 3. The minimum Gasteiger partial charge on any atom is -0.341 e. The molecule has 1 aliphatic rings. The summed E-state index contributed by atoms with van der Waals surface area (Å²) in [5.41, 5.74) is 1.72. The SMILES string of the molecule is Cc1ccc(S(=O)(=O)NCC2CCCN(C(=O)CNC(=O)NCc3ccc(F)cc3)C2)cc1. The number of hydrogen-bond acceptors (Lipinski definition) is 4. The molecule has 1 fully saturated rings. The van der Waals surface area contributed by atoms with E-state index in [1.54, 1.807) is 41.3 Å². The average molecular weight is 477 g/mol. The quantitative estimate of drug-likeness (QED) is 0.543. The van der Waals surface area contributed by atoms with Crippen LogP contribution in [0, 0.1) is 18.7 Å². The number of carbonyl (C=O) groups is 2. The van der Waals surface area contributed by atoms with Crippen molar-refractivity contribution < 1.29 is 22.4 Å². The summed E-state index contributed by atoms with van der Waals surface area (Å²) in [4.78, 5) is 26.3. The van der Waals surface area contributed by atoms with Crippen LogP contribution in [-0.2, 0) is 21.4 Å². The van der Waals surface area contributed by atoms with E-state index < -0.39 is 16.1 Å². The van der Waals surface area contributed by atoms with Crippen molar-refractivity contribution in [3.8, 4) is 0 Å². The van der Waals surface area contributed by atoms with Crippen molar-refractivity contribution in [3.05, 3.63) is 65.5 Å². The fourth-order valence-corrected chi connectivity index (χ4v) is 4.72. The van der Waals surface area contributed by atoms with Crippen LogP contribution in [0.3, 0.4) is 0 Å². The van der Waals surface area contributed by atoms with Gasteiger partial charge in [-0.2, -0.15) is 0 Å². The number of urea groups is 1. The summed E-state index contributed by atoms with van der Waals surface area (Å²) >= 11 is 0. The molecule has 3 amide bonds. The average Bonchev–Trinajstić information content (AvgIpc) is 2.81. The van der Waals surface area contributed by atoms with E-state index in [0.717, 1.165) is 24.0 Å². The second-order valence-electron chi connectivity index (χ2n) is 8.18. The van der Waals surface area contributed by atoms with Gasteiger partial charge in [-0.25, -0.2) is 22.3 Å². The Hall–Kier alpha value is -2.98. The molecule has 1 heterocycles. The Bertz CT molecular complexity index is 1060. The minimum atomic E-state index is -3.61. The third kappa shape index (κ3) is 7.54. The van der Waals surface area contributed by atoms with Crippen molar-refractivity contribution in [2.24, 2.45) is 5.92 Å². The number of carbonyl (C=O) groups excluding carboxylic acids is 2. The number of likely N-dealkylation sites (tertiary alicyclic amines) is 1. The Morgan fingerprint density at radius 1 is 1.06 bits per heavy atom. The number of amides is 3. The summed E-state index contributed by atoms with van der Waals surface area (Å²) in [6.45, 7) is 3.18. The van der Waals surface area contributed by atoms with Crippen LogP contribution in [0.2, 0.25) is 0 Å². The highest BCUT2D eigenvalue weighted by Gasteiger charge is 2.25. The van der Waals surface area contributed by atoms with Crippen LogP contribution in [0.5, 0.6) is 0 Å². The standard InChI is InChI=1S/C23H29FN4O4S/c1-17-4-10-21(11-5-17)33(31,32)27-14-19-3-2-12-28(16-19)22(29)15-26-23(30)25-13-18-6-8-20(24)9-7-18/h4-11,19,27H,2-3,12-16H2,1H3,(H2,25,26,30). The topological polar surface area (TPSA) is 108 Å². The monoisotopic (exact) mass is 476 g/mol. The maximum Gasteiger partial charge on any atom is 0.315 e. The lowest BCUT2D eigenvalue weighted by Crippen LogP contribution is -2.48. The van der Waals surface area contributed by atoms with Crippen LogP contribution in [0.1, 0.15) is 24.0 Å². The van der Waals surface area contributed by atoms with E-state index in [1.165, 1.54) is 12.1 Å². The number of aryl methyl sites for hydroxylation is 1. The van der Waals surface area contributed by atoms with Crippen LogP contribution in [0.25, 0.3) is 0 Å². The summed E-state index contributed by atoms with van der Waals surface area (Å²) in [6.07, 6.45) is 1.57. The van der Waals surface area contributed by atoms with Gasteiger partial charge in [-0.15, -0.1) is 0 Å². The number of sulfonamides is 1. The molecular formula is C23H29FN4O4S. The zero-order valence-corrected chi connectivity index (χ0v) is 19.3. The Kier molecular flexibility index (Phi) is 8.40. The van der Waals surface area contributed by atoms with Gasteiger partial charge >= 0.3 is 6.03 Å². The van der Waals surface area contributed by atoms with Crippen LogP contribution in [0.4, 0.5) is 9.18 Å². The smallest absolute Gasteiger partial charge is 0.315 e. The fourth-order valence-electron chi connectivity index (χ4n) is 3.60. The maximum atomic E-state index is 12.9. The molecule has 0 spiro atoms. The highest BCUT2D eigenvalue weighted by Crippen LogP contribution is 2.17. The molecule has 10 heteroatoms. The summed E-state index contributed by atoms with van der Waals surface area (Å²) in [6, 6.07) is 11.9. The van der Waals surface area contributed by atoms with Gasteiger partial charge in [-0.3, -0.25) is 4.79 Å². The first-order valence-electron chi connectivity index (χ1n) is 10.8. The van der Waals surface area contributed by atoms with Crippen LogP contribution in [-0.4, -0.2) is 51.4 Å². The summed E-state index contributed by atoms with van der Waals surface area (Å²) in [5, 5.41) is 5.15. The summed E-state index contributed by atoms with van der Waals surface area (Å²) in [5.74, 6) is -0.579. The van der Waals surface area contributed by atoms with Gasteiger partial charge in [0.1, 0.15) is 5.82 Å². The molecule has 0 saturated carbocycles. The first-order valence-corrected chi connectivity index (χ1v) is 12.3. The molecular weight excluding hydrogens is 447 g/mol. The molecule has 2 aromatic carbocycles. The van der Waals surface area contributed by atoms with Gasteiger partial charge in [0.05, 0.1) is 11.4 Å². The second-order valence-corrected chi connectivity index (χ2v) is 9.94. The Morgan fingerprint density at radius 2 is 1.76 bits per heavy atom. The van der Waals surface area contributed by atoms with E-state index in [4.69, 9.17) is 0 Å². The molecule has 3 rings (SSSR count). The van der Waals surface area contributed by atoms with Crippen molar-refractivity contribution in [2.45, 2.75) is 31.2 Å². The number of piperidine rings is 1. The maximum absolute atomic E-state index is 12.9.